The maximum atomic E-state index is 11.1. The molecule has 18 heavy (non-hydrogen) atoms. The monoisotopic (exact) mass is 252 g/mol. The second-order valence-corrected chi connectivity index (χ2v) is 4.43. The van der Waals surface area contributed by atoms with E-state index in [9.17, 15) is 10.1 Å². The number of hydrogen-bond acceptors (Lipinski definition) is 4. The lowest BCUT2D eigenvalue weighted by Gasteiger charge is -2.06. The lowest BCUT2D eigenvalue weighted by atomic mass is 10.3. The first kappa shape index (κ1) is 14.2. The average molecular weight is 252 g/mol. The number of rotatable bonds is 6. The quantitative estimate of drug-likeness (QED) is 0.480. The van der Waals surface area contributed by atoms with Crippen molar-refractivity contribution in [2.45, 2.75) is 40.7 Å². The summed E-state index contributed by atoms with van der Waals surface area (Å²) in [6, 6.07) is 0. The Balaban J connectivity index is 3.03. The molecule has 6 nitrogen and oxygen atoms in total. The fourth-order valence-electron chi connectivity index (χ4n) is 1.69. The third-order valence-electron chi connectivity index (χ3n) is 2.49. The van der Waals surface area contributed by atoms with Crippen molar-refractivity contribution in [3.63, 3.8) is 0 Å². The second kappa shape index (κ2) is 6.18. The first-order chi connectivity index (χ1) is 8.47. The molecule has 0 amide bonds. The van der Waals surface area contributed by atoms with Gasteiger partial charge < -0.3 is 5.32 Å². The fraction of sp³-hybridized carbons (Fsp3) is 0.583. The summed E-state index contributed by atoms with van der Waals surface area (Å²) >= 11 is 0. The van der Waals surface area contributed by atoms with Crippen molar-refractivity contribution in [1.29, 1.82) is 0 Å². The van der Waals surface area contributed by atoms with E-state index >= 15 is 0 Å². The highest BCUT2D eigenvalue weighted by Crippen LogP contribution is 2.28. The highest BCUT2D eigenvalue weighted by atomic mass is 16.6. The van der Waals surface area contributed by atoms with Gasteiger partial charge in [0, 0.05) is 13.1 Å². The average Bonchev–Trinajstić information content (AvgIpc) is 2.55. The number of allylic oxidation sites excluding steroid dienone is 1. The number of nitrogens with one attached hydrogen (secondary N) is 1. The molecule has 0 fully saturated rings. The molecule has 0 saturated carbocycles. The SMILES string of the molecule is CCCn1nc(C)c([N+](=O)[O-])c1NCC=C(C)C. The molecule has 0 bridgehead atoms. The van der Waals surface area contributed by atoms with Gasteiger partial charge in [-0.1, -0.05) is 18.6 Å². The molecule has 0 saturated heterocycles. The molecule has 1 N–H and O–H groups in total. The molecule has 0 unspecified atom stereocenters. The molecule has 0 aliphatic heterocycles. The van der Waals surface area contributed by atoms with Crippen molar-refractivity contribution in [3.05, 3.63) is 27.5 Å². The molecule has 0 aromatic carbocycles. The summed E-state index contributed by atoms with van der Waals surface area (Å²) in [6.07, 6.45) is 2.87. The molecular formula is C12H20N4O2. The van der Waals surface area contributed by atoms with Gasteiger partial charge in [0.1, 0.15) is 5.69 Å². The van der Waals surface area contributed by atoms with Gasteiger partial charge in [0.25, 0.3) is 0 Å². The zero-order valence-electron chi connectivity index (χ0n) is 11.4. The largest absolute Gasteiger partial charge is 0.361 e. The van der Waals surface area contributed by atoms with E-state index in [2.05, 4.69) is 10.4 Å². The Kier molecular flexibility index (Phi) is 4.88. The van der Waals surface area contributed by atoms with Gasteiger partial charge in [0.05, 0.1) is 4.92 Å². The van der Waals surface area contributed by atoms with E-state index in [0.29, 0.717) is 24.6 Å². The van der Waals surface area contributed by atoms with Crippen molar-refractivity contribution >= 4 is 11.5 Å². The third-order valence-corrected chi connectivity index (χ3v) is 2.49. The van der Waals surface area contributed by atoms with E-state index in [1.807, 2.05) is 26.8 Å². The van der Waals surface area contributed by atoms with Crippen LogP contribution in [0.1, 0.15) is 32.9 Å². The molecule has 100 valence electrons. The first-order valence-corrected chi connectivity index (χ1v) is 6.06. The molecule has 0 spiro atoms. The van der Waals surface area contributed by atoms with E-state index < -0.39 is 0 Å². The van der Waals surface area contributed by atoms with Crippen LogP contribution >= 0.6 is 0 Å². The summed E-state index contributed by atoms with van der Waals surface area (Å²) in [5.41, 5.74) is 1.70. The van der Waals surface area contributed by atoms with Crippen molar-refractivity contribution in [2.75, 3.05) is 11.9 Å². The lowest BCUT2D eigenvalue weighted by molar-refractivity contribution is -0.384. The van der Waals surface area contributed by atoms with E-state index in [0.717, 1.165) is 6.42 Å². The minimum absolute atomic E-state index is 0.0746. The van der Waals surface area contributed by atoms with Crippen molar-refractivity contribution in [2.24, 2.45) is 0 Å². The molecule has 0 aliphatic rings. The van der Waals surface area contributed by atoms with Gasteiger partial charge in [0.15, 0.2) is 0 Å². The van der Waals surface area contributed by atoms with Crippen LogP contribution in [0.15, 0.2) is 11.6 Å². The topological polar surface area (TPSA) is 73.0 Å². The molecule has 1 rings (SSSR count). The predicted molar refractivity (Wildman–Crippen MR) is 71.8 cm³/mol. The molecule has 1 heterocycles. The van der Waals surface area contributed by atoms with Gasteiger partial charge in [-0.15, -0.1) is 0 Å². The number of nitro groups is 1. The number of hydrogen-bond donors (Lipinski definition) is 1. The Morgan fingerprint density at radius 1 is 1.56 bits per heavy atom. The summed E-state index contributed by atoms with van der Waals surface area (Å²) < 4.78 is 1.67. The first-order valence-electron chi connectivity index (χ1n) is 6.06. The van der Waals surface area contributed by atoms with Gasteiger partial charge >= 0.3 is 5.69 Å². The highest BCUT2D eigenvalue weighted by Gasteiger charge is 2.24. The molecule has 0 aliphatic carbocycles. The number of aromatic nitrogens is 2. The minimum atomic E-state index is -0.376. The van der Waals surface area contributed by atoms with Crippen molar-refractivity contribution in [1.82, 2.24) is 9.78 Å². The van der Waals surface area contributed by atoms with E-state index in [1.165, 1.54) is 5.57 Å². The summed E-state index contributed by atoms with van der Waals surface area (Å²) in [7, 11) is 0. The molecule has 0 atom stereocenters. The van der Waals surface area contributed by atoms with Crippen LogP contribution in [0.4, 0.5) is 11.5 Å². The van der Waals surface area contributed by atoms with Crippen LogP contribution in [0, 0.1) is 17.0 Å². The smallest absolute Gasteiger partial charge is 0.333 e. The molecule has 1 aromatic heterocycles. The van der Waals surface area contributed by atoms with Crippen LogP contribution in [0.3, 0.4) is 0 Å². The summed E-state index contributed by atoms with van der Waals surface area (Å²) in [4.78, 5) is 10.7. The minimum Gasteiger partial charge on any atom is -0.361 e. The zero-order valence-corrected chi connectivity index (χ0v) is 11.4. The maximum Gasteiger partial charge on any atom is 0.333 e. The van der Waals surface area contributed by atoms with Crippen LogP contribution < -0.4 is 5.32 Å². The van der Waals surface area contributed by atoms with Crippen LogP contribution in [0.5, 0.6) is 0 Å². The Hall–Kier alpha value is -1.85. The summed E-state index contributed by atoms with van der Waals surface area (Å²) in [5.74, 6) is 0.497. The lowest BCUT2D eigenvalue weighted by Crippen LogP contribution is -2.09. The highest BCUT2D eigenvalue weighted by molar-refractivity contribution is 5.59. The number of nitrogens with zero attached hydrogens (tertiary/aromatic N) is 3. The fourth-order valence-corrected chi connectivity index (χ4v) is 1.69. The van der Waals surface area contributed by atoms with Crippen LogP contribution in [0.2, 0.25) is 0 Å². The third kappa shape index (κ3) is 3.32. The molecule has 6 heteroatoms. The van der Waals surface area contributed by atoms with Crippen LogP contribution in [-0.2, 0) is 6.54 Å². The Bertz CT molecular complexity index is 459. The Morgan fingerprint density at radius 3 is 2.72 bits per heavy atom. The normalized spacial score (nSPS) is 10.2. The summed E-state index contributed by atoms with van der Waals surface area (Å²) in [6.45, 7) is 8.90. The van der Waals surface area contributed by atoms with Gasteiger partial charge in [0.2, 0.25) is 5.82 Å². The number of aryl methyl sites for hydroxylation is 2. The second-order valence-electron chi connectivity index (χ2n) is 4.43. The summed E-state index contributed by atoms with van der Waals surface area (Å²) in [5, 5.41) is 18.3. The van der Waals surface area contributed by atoms with Gasteiger partial charge in [-0.05, 0) is 27.2 Å². The Labute approximate surface area is 107 Å². The van der Waals surface area contributed by atoms with Crippen LogP contribution in [-0.4, -0.2) is 21.2 Å². The van der Waals surface area contributed by atoms with E-state index in [4.69, 9.17) is 0 Å². The van der Waals surface area contributed by atoms with Crippen molar-refractivity contribution < 1.29 is 4.92 Å². The van der Waals surface area contributed by atoms with Crippen molar-refractivity contribution in [3.8, 4) is 0 Å². The predicted octanol–water partition coefficient (Wildman–Crippen LogP) is 2.89. The maximum absolute atomic E-state index is 11.1. The Morgan fingerprint density at radius 2 is 2.22 bits per heavy atom. The molecule has 0 radical (unpaired) electrons. The molecule has 1 aromatic rings. The van der Waals surface area contributed by atoms with Gasteiger partial charge in [-0.3, -0.25) is 10.1 Å². The number of anilines is 1. The van der Waals surface area contributed by atoms with Crippen LogP contribution in [0.25, 0.3) is 0 Å². The zero-order chi connectivity index (χ0) is 13.7. The van der Waals surface area contributed by atoms with E-state index in [-0.39, 0.29) is 10.6 Å². The van der Waals surface area contributed by atoms with E-state index in [1.54, 1.807) is 11.6 Å². The molecular weight excluding hydrogens is 232 g/mol. The van der Waals surface area contributed by atoms with Gasteiger partial charge in [-0.2, -0.15) is 5.10 Å². The van der Waals surface area contributed by atoms with Gasteiger partial charge in [-0.25, -0.2) is 4.68 Å². The standard InChI is InChI=1S/C12H20N4O2/c1-5-8-15-12(13-7-6-9(2)3)11(16(17)18)10(4)14-15/h6,13H,5,7-8H2,1-4H3.